The second-order valence-corrected chi connectivity index (χ2v) is 4.40. The highest BCUT2D eigenvalue weighted by molar-refractivity contribution is 5.34. The van der Waals surface area contributed by atoms with Gasteiger partial charge in [-0.05, 0) is 38.1 Å². The summed E-state index contributed by atoms with van der Waals surface area (Å²) in [5, 5.41) is 3.36. The van der Waals surface area contributed by atoms with E-state index in [1.54, 1.807) is 18.6 Å². The van der Waals surface area contributed by atoms with Crippen molar-refractivity contribution < 1.29 is 4.74 Å². The van der Waals surface area contributed by atoms with Crippen LogP contribution in [-0.2, 0) is 6.54 Å². The second-order valence-electron chi connectivity index (χ2n) is 4.40. The van der Waals surface area contributed by atoms with E-state index in [0.29, 0.717) is 0 Å². The predicted molar refractivity (Wildman–Crippen MR) is 75.3 cm³/mol. The SMILES string of the molecule is CCCNCc1ccncc1Oc1ccc(C)nc1. The van der Waals surface area contributed by atoms with Gasteiger partial charge in [-0.25, -0.2) is 0 Å². The summed E-state index contributed by atoms with van der Waals surface area (Å²) in [6.07, 6.45) is 6.36. The number of rotatable bonds is 6. The van der Waals surface area contributed by atoms with Crippen LogP contribution in [0.1, 0.15) is 24.6 Å². The third-order valence-electron chi connectivity index (χ3n) is 2.72. The topological polar surface area (TPSA) is 47.0 Å². The molecule has 4 heteroatoms. The molecule has 0 aromatic carbocycles. The first-order chi connectivity index (χ1) is 9.29. The Balaban J connectivity index is 2.08. The first-order valence-corrected chi connectivity index (χ1v) is 6.53. The van der Waals surface area contributed by atoms with Crippen molar-refractivity contribution >= 4 is 0 Å². The molecular weight excluding hydrogens is 238 g/mol. The summed E-state index contributed by atoms with van der Waals surface area (Å²) in [5.74, 6) is 1.51. The predicted octanol–water partition coefficient (Wildman–Crippen LogP) is 3.08. The number of ether oxygens (including phenoxy) is 1. The number of hydrogen-bond donors (Lipinski definition) is 1. The van der Waals surface area contributed by atoms with Gasteiger partial charge >= 0.3 is 0 Å². The Bertz CT molecular complexity index is 511. The van der Waals surface area contributed by atoms with Crippen LogP contribution in [0.4, 0.5) is 0 Å². The lowest BCUT2D eigenvalue weighted by Crippen LogP contribution is -2.14. The van der Waals surface area contributed by atoms with Gasteiger partial charge in [-0.3, -0.25) is 9.97 Å². The third-order valence-corrected chi connectivity index (χ3v) is 2.72. The largest absolute Gasteiger partial charge is 0.454 e. The summed E-state index contributed by atoms with van der Waals surface area (Å²) in [6, 6.07) is 5.82. The lowest BCUT2D eigenvalue weighted by atomic mass is 10.2. The molecule has 0 aliphatic carbocycles. The van der Waals surface area contributed by atoms with Crippen LogP contribution in [0.5, 0.6) is 11.5 Å². The standard InChI is InChI=1S/C15H19N3O/c1-3-7-16-9-13-6-8-17-11-15(13)19-14-5-4-12(2)18-10-14/h4-6,8,10-11,16H,3,7,9H2,1-2H3. The maximum Gasteiger partial charge on any atom is 0.150 e. The molecule has 0 bridgehead atoms. The number of pyridine rings is 2. The van der Waals surface area contributed by atoms with Gasteiger partial charge in [0, 0.05) is 24.0 Å². The van der Waals surface area contributed by atoms with Gasteiger partial charge in [-0.1, -0.05) is 6.92 Å². The van der Waals surface area contributed by atoms with Crippen molar-refractivity contribution in [1.29, 1.82) is 0 Å². The third kappa shape index (κ3) is 4.03. The minimum absolute atomic E-state index is 0.732. The lowest BCUT2D eigenvalue weighted by molar-refractivity contribution is 0.467. The minimum Gasteiger partial charge on any atom is -0.454 e. The Hall–Kier alpha value is -1.94. The van der Waals surface area contributed by atoms with Crippen molar-refractivity contribution in [2.75, 3.05) is 6.54 Å². The molecule has 0 atom stereocenters. The van der Waals surface area contributed by atoms with Crippen LogP contribution in [0.15, 0.2) is 36.8 Å². The highest BCUT2D eigenvalue weighted by Gasteiger charge is 2.04. The minimum atomic E-state index is 0.732. The maximum atomic E-state index is 5.83. The fraction of sp³-hybridized carbons (Fsp3) is 0.333. The highest BCUT2D eigenvalue weighted by atomic mass is 16.5. The second kappa shape index (κ2) is 6.85. The summed E-state index contributed by atoms with van der Waals surface area (Å²) in [6.45, 7) is 5.88. The fourth-order valence-corrected chi connectivity index (χ4v) is 1.69. The number of aryl methyl sites for hydroxylation is 1. The summed E-state index contributed by atoms with van der Waals surface area (Å²) in [4.78, 5) is 8.33. The van der Waals surface area contributed by atoms with Crippen molar-refractivity contribution in [3.8, 4) is 11.5 Å². The molecular formula is C15H19N3O. The van der Waals surface area contributed by atoms with Crippen molar-refractivity contribution in [2.24, 2.45) is 0 Å². The summed E-state index contributed by atoms with van der Waals surface area (Å²) >= 11 is 0. The average Bonchev–Trinajstić information content (AvgIpc) is 2.43. The maximum absolute atomic E-state index is 5.83. The van der Waals surface area contributed by atoms with Crippen molar-refractivity contribution in [3.05, 3.63) is 48.0 Å². The molecule has 2 aromatic rings. The zero-order chi connectivity index (χ0) is 13.5. The van der Waals surface area contributed by atoms with E-state index in [9.17, 15) is 0 Å². The lowest BCUT2D eigenvalue weighted by Gasteiger charge is -2.11. The Morgan fingerprint density at radius 1 is 1.21 bits per heavy atom. The van der Waals surface area contributed by atoms with Crippen molar-refractivity contribution in [1.82, 2.24) is 15.3 Å². The average molecular weight is 257 g/mol. The monoisotopic (exact) mass is 257 g/mol. The molecule has 0 spiro atoms. The first-order valence-electron chi connectivity index (χ1n) is 6.53. The van der Waals surface area contributed by atoms with Crippen LogP contribution in [0.2, 0.25) is 0 Å². The van der Waals surface area contributed by atoms with E-state index >= 15 is 0 Å². The van der Waals surface area contributed by atoms with E-state index in [0.717, 1.165) is 42.3 Å². The van der Waals surface area contributed by atoms with Crippen LogP contribution < -0.4 is 10.1 Å². The van der Waals surface area contributed by atoms with Crippen LogP contribution >= 0.6 is 0 Å². The van der Waals surface area contributed by atoms with Gasteiger partial charge < -0.3 is 10.1 Å². The van der Waals surface area contributed by atoms with Crippen LogP contribution in [0.3, 0.4) is 0 Å². The van der Waals surface area contributed by atoms with Crippen LogP contribution in [-0.4, -0.2) is 16.5 Å². The van der Waals surface area contributed by atoms with Gasteiger partial charge in [0.05, 0.1) is 12.4 Å². The zero-order valence-corrected chi connectivity index (χ0v) is 11.4. The number of hydrogen-bond acceptors (Lipinski definition) is 4. The van der Waals surface area contributed by atoms with E-state index in [4.69, 9.17) is 4.74 Å². The molecule has 19 heavy (non-hydrogen) atoms. The van der Waals surface area contributed by atoms with Gasteiger partial charge in [-0.15, -0.1) is 0 Å². The Labute approximate surface area is 113 Å². The van der Waals surface area contributed by atoms with Crippen LogP contribution in [0, 0.1) is 6.92 Å². The molecule has 2 heterocycles. The molecule has 1 N–H and O–H groups in total. The summed E-state index contributed by atoms with van der Waals surface area (Å²) in [7, 11) is 0. The molecule has 0 aliphatic rings. The first kappa shape index (κ1) is 13.5. The fourth-order valence-electron chi connectivity index (χ4n) is 1.69. The molecule has 0 saturated carbocycles. The molecule has 0 saturated heterocycles. The number of aromatic nitrogens is 2. The Morgan fingerprint density at radius 3 is 2.84 bits per heavy atom. The smallest absolute Gasteiger partial charge is 0.150 e. The molecule has 0 fully saturated rings. The molecule has 0 amide bonds. The zero-order valence-electron chi connectivity index (χ0n) is 11.4. The van der Waals surface area contributed by atoms with Gasteiger partial charge in [0.2, 0.25) is 0 Å². The molecule has 4 nitrogen and oxygen atoms in total. The molecule has 0 unspecified atom stereocenters. The Morgan fingerprint density at radius 2 is 2.11 bits per heavy atom. The van der Waals surface area contributed by atoms with Crippen LogP contribution in [0.25, 0.3) is 0 Å². The number of nitrogens with one attached hydrogen (secondary N) is 1. The van der Waals surface area contributed by atoms with E-state index in [1.807, 2.05) is 25.1 Å². The quantitative estimate of drug-likeness (QED) is 0.808. The molecule has 0 radical (unpaired) electrons. The van der Waals surface area contributed by atoms with Crippen molar-refractivity contribution in [3.63, 3.8) is 0 Å². The summed E-state index contributed by atoms with van der Waals surface area (Å²) in [5.41, 5.74) is 2.08. The van der Waals surface area contributed by atoms with Gasteiger partial charge in [-0.2, -0.15) is 0 Å². The molecule has 2 rings (SSSR count). The van der Waals surface area contributed by atoms with E-state index < -0.39 is 0 Å². The van der Waals surface area contributed by atoms with Gasteiger partial charge in [0.25, 0.3) is 0 Å². The van der Waals surface area contributed by atoms with Crippen molar-refractivity contribution in [2.45, 2.75) is 26.8 Å². The number of nitrogens with zero attached hydrogens (tertiary/aromatic N) is 2. The molecule has 100 valence electrons. The molecule has 2 aromatic heterocycles. The van der Waals surface area contributed by atoms with E-state index in [-0.39, 0.29) is 0 Å². The van der Waals surface area contributed by atoms with E-state index in [1.165, 1.54) is 0 Å². The molecule has 0 aliphatic heterocycles. The van der Waals surface area contributed by atoms with E-state index in [2.05, 4.69) is 22.2 Å². The van der Waals surface area contributed by atoms with Gasteiger partial charge in [0.15, 0.2) is 0 Å². The van der Waals surface area contributed by atoms with Gasteiger partial charge in [0.1, 0.15) is 11.5 Å². The summed E-state index contributed by atoms with van der Waals surface area (Å²) < 4.78 is 5.83. The highest BCUT2D eigenvalue weighted by Crippen LogP contribution is 2.23. The Kier molecular flexibility index (Phi) is 4.86. The normalized spacial score (nSPS) is 10.4.